The Labute approximate surface area is 162 Å². The van der Waals surface area contributed by atoms with Crippen LogP contribution in [0.5, 0.6) is 0 Å². The molecule has 0 aliphatic rings. The second-order valence-corrected chi connectivity index (χ2v) is 6.32. The first-order valence-electron chi connectivity index (χ1n) is 8.47. The lowest BCUT2D eigenvalue weighted by atomic mass is 10.1. The van der Waals surface area contributed by atoms with E-state index in [4.69, 9.17) is 11.6 Å². The van der Waals surface area contributed by atoms with Gasteiger partial charge in [0.2, 0.25) is 0 Å². The molecule has 27 heavy (non-hydrogen) atoms. The van der Waals surface area contributed by atoms with Gasteiger partial charge in [0, 0.05) is 29.0 Å². The molecule has 0 atom stereocenters. The third kappa shape index (κ3) is 5.39. The Hall–Kier alpha value is -3.18. The fourth-order valence-electron chi connectivity index (χ4n) is 2.52. The van der Waals surface area contributed by atoms with Crippen molar-refractivity contribution in [2.24, 2.45) is 0 Å². The molecule has 2 amide bonds. The van der Waals surface area contributed by atoms with Gasteiger partial charge in [-0.15, -0.1) is 0 Å². The number of nitrogens with one attached hydrogen (secondary N) is 2. The van der Waals surface area contributed by atoms with Crippen molar-refractivity contribution in [2.75, 3.05) is 11.9 Å². The van der Waals surface area contributed by atoms with Gasteiger partial charge in [-0.2, -0.15) is 0 Å². The Kier molecular flexibility index (Phi) is 6.18. The van der Waals surface area contributed by atoms with E-state index in [1.807, 2.05) is 30.3 Å². The van der Waals surface area contributed by atoms with Crippen LogP contribution in [0.15, 0.2) is 72.9 Å². The molecule has 0 bridgehead atoms. The Morgan fingerprint density at radius 1 is 0.926 bits per heavy atom. The molecule has 0 fully saturated rings. The Morgan fingerprint density at radius 3 is 2.52 bits per heavy atom. The smallest absolute Gasteiger partial charge is 0.274 e. The number of benzene rings is 2. The Balaban J connectivity index is 1.60. The van der Waals surface area contributed by atoms with Crippen LogP contribution in [0.4, 0.5) is 5.69 Å². The average Bonchev–Trinajstić information content (AvgIpc) is 2.69. The number of nitrogens with zero attached hydrogens (tertiary/aromatic N) is 1. The summed E-state index contributed by atoms with van der Waals surface area (Å²) in [6, 6.07) is 19.8. The van der Waals surface area contributed by atoms with Gasteiger partial charge in [0.25, 0.3) is 11.8 Å². The first-order valence-corrected chi connectivity index (χ1v) is 8.85. The van der Waals surface area contributed by atoms with E-state index in [1.54, 1.807) is 30.3 Å². The summed E-state index contributed by atoms with van der Waals surface area (Å²) in [6.45, 7) is 0.509. The summed E-state index contributed by atoms with van der Waals surface area (Å²) in [5.41, 5.74) is 2.25. The van der Waals surface area contributed by atoms with Crippen molar-refractivity contribution in [3.05, 3.63) is 94.8 Å². The van der Waals surface area contributed by atoms with Gasteiger partial charge in [-0.25, -0.2) is 0 Å². The van der Waals surface area contributed by atoms with Gasteiger partial charge in [0.15, 0.2) is 0 Å². The number of hydrogen-bond acceptors (Lipinski definition) is 3. The van der Waals surface area contributed by atoms with Crippen molar-refractivity contribution in [1.82, 2.24) is 10.3 Å². The maximum atomic E-state index is 12.4. The predicted octanol–water partition coefficient (Wildman–Crippen LogP) is 3.96. The lowest BCUT2D eigenvalue weighted by Gasteiger charge is -2.08. The molecule has 3 aromatic rings. The summed E-state index contributed by atoms with van der Waals surface area (Å²) in [4.78, 5) is 28.7. The third-order valence-electron chi connectivity index (χ3n) is 3.88. The molecule has 1 heterocycles. The molecule has 0 saturated heterocycles. The molecule has 0 aliphatic carbocycles. The summed E-state index contributed by atoms with van der Waals surface area (Å²) in [6.07, 6.45) is 2.18. The number of amides is 2. The van der Waals surface area contributed by atoms with Crippen LogP contribution in [-0.4, -0.2) is 23.3 Å². The maximum Gasteiger partial charge on any atom is 0.274 e. The van der Waals surface area contributed by atoms with E-state index in [1.165, 1.54) is 12.3 Å². The minimum atomic E-state index is -0.406. The number of carbonyl (C=O) groups excluding carboxylic acids is 2. The highest BCUT2D eigenvalue weighted by atomic mass is 35.5. The average molecular weight is 380 g/mol. The number of aromatic nitrogens is 1. The second-order valence-electron chi connectivity index (χ2n) is 5.89. The molecule has 0 aliphatic heterocycles. The van der Waals surface area contributed by atoms with E-state index in [-0.39, 0.29) is 11.6 Å². The van der Waals surface area contributed by atoms with Gasteiger partial charge < -0.3 is 10.6 Å². The highest BCUT2D eigenvalue weighted by molar-refractivity contribution is 6.30. The van der Waals surface area contributed by atoms with Crippen molar-refractivity contribution >= 4 is 29.1 Å². The van der Waals surface area contributed by atoms with Crippen LogP contribution in [0, 0.1) is 0 Å². The monoisotopic (exact) mass is 379 g/mol. The summed E-state index contributed by atoms with van der Waals surface area (Å²) < 4.78 is 0. The molecule has 0 spiro atoms. The minimum absolute atomic E-state index is 0.158. The highest BCUT2D eigenvalue weighted by Crippen LogP contribution is 2.15. The van der Waals surface area contributed by atoms with Crippen LogP contribution in [0.1, 0.15) is 26.4 Å². The molecule has 6 heteroatoms. The van der Waals surface area contributed by atoms with Crippen LogP contribution < -0.4 is 10.6 Å². The van der Waals surface area contributed by atoms with Crippen molar-refractivity contribution in [3.8, 4) is 0 Å². The SMILES string of the molecule is O=C(NCCc1ccccc1)c1ccnc(C(=O)Nc2cccc(Cl)c2)c1. The van der Waals surface area contributed by atoms with E-state index in [0.29, 0.717) is 22.8 Å². The summed E-state index contributed by atoms with van der Waals surface area (Å²) in [7, 11) is 0. The molecular weight excluding hydrogens is 362 g/mol. The molecule has 0 radical (unpaired) electrons. The topological polar surface area (TPSA) is 71.1 Å². The number of anilines is 1. The fraction of sp³-hybridized carbons (Fsp3) is 0.0952. The molecule has 5 nitrogen and oxygen atoms in total. The van der Waals surface area contributed by atoms with Gasteiger partial charge in [0.1, 0.15) is 5.69 Å². The Morgan fingerprint density at radius 2 is 1.74 bits per heavy atom. The van der Waals surface area contributed by atoms with Crippen molar-refractivity contribution < 1.29 is 9.59 Å². The zero-order chi connectivity index (χ0) is 19.1. The molecule has 0 saturated carbocycles. The van der Waals surface area contributed by atoms with Gasteiger partial charge in [-0.05, 0) is 42.3 Å². The lowest BCUT2D eigenvalue weighted by molar-refractivity contribution is 0.0954. The molecule has 1 aromatic heterocycles. The first-order chi connectivity index (χ1) is 13.1. The molecule has 136 valence electrons. The quantitative estimate of drug-likeness (QED) is 0.681. The third-order valence-corrected chi connectivity index (χ3v) is 4.11. The normalized spacial score (nSPS) is 10.3. The van der Waals surface area contributed by atoms with Gasteiger partial charge in [0.05, 0.1) is 0 Å². The predicted molar refractivity (Wildman–Crippen MR) is 106 cm³/mol. The number of hydrogen-bond donors (Lipinski definition) is 2. The summed E-state index contributed by atoms with van der Waals surface area (Å²) >= 11 is 5.91. The Bertz CT molecular complexity index is 945. The number of carbonyl (C=O) groups is 2. The lowest BCUT2D eigenvalue weighted by Crippen LogP contribution is -2.26. The highest BCUT2D eigenvalue weighted by Gasteiger charge is 2.12. The standard InChI is InChI=1S/C21H18ClN3O2/c22-17-7-4-8-18(14-17)25-21(27)19-13-16(10-12-23-19)20(26)24-11-9-15-5-2-1-3-6-15/h1-8,10,12-14H,9,11H2,(H,24,26)(H,25,27). The van der Waals surface area contributed by atoms with Crippen LogP contribution in [-0.2, 0) is 6.42 Å². The molecule has 2 aromatic carbocycles. The number of pyridine rings is 1. The van der Waals surface area contributed by atoms with Gasteiger partial charge in [-0.1, -0.05) is 48.0 Å². The zero-order valence-corrected chi connectivity index (χ0v) is 15.2. The summed E-state index contributed by atoms with van der Waals surface area (Å²) in [5, 5.41) is 6.09. The van der Waals surface area contributed by atoms with E-state index in [9.17, 15) is 9.59 Å². The number of halogens is 1. The van der Waals surface area contributed by atoms with Crippen molar-refractivity contribution in [3.63, 3.8) is 0 Å². The van der Waals surface area contributed by atoms with Crippen LogP contribution in [0.25, 0.3) is 0 Å². The summed E-state index contributed by atoms with van der Waals surface area (Å²) in [5.74, 6) is -0.652. The minimum Gasteiger partial charge on any atom is -0.352 e. The van der Waals surface area contributed by atoms with E-state index >= 15 is 0 Å². The molecule has 0 unspecified atom stereocenters. The van der Waals surface area contributed by atoms with Gasteiger partial charge >= 0.3 is 0 Å². The number of rotatable bonds is 6. The molecule has 3 rings (SSSR count). The van der Waals surface area contributed by atoms with Crippen molar-refractivity contribution in [2.45, 2.75) is 6.42 Å². The molecular formula is C21H18ClN3O2. The fourth-order valence-corrected chi connectivity index (χ4v) is 2.71. The first kappa shape index (κ1) is 18.6. The van der Waals surface area contributed by atoms with Crippen LogP contribution in [0.3, 0.4) is 0 Å². The second kappa shape index (κ2) is 8.96. The van der Waals surface area contributed by atoms with Crippen LogP contribution >= 0.6 is 11.6 Å². The molecule has 2 N–H and O–H groups in total. The van der Waals surface area contributed by atoms with Crippen molar-refractivity contribution in [1.29, 1.82) is 0 Å². The van der Waals surface area contributed by atoms with Crippen LogP contribution in [0.2, 0.25) is 5.02 Å². The largest absolute Gasteiger partial charge is 0.352 e. The maximum absolute atomic E-state index is 12.4. The van der Waals surface area contributed by atoms with E-state index < -0.39 is 5.91 Å². The zero-order valence-electron chi connectivity index (χ0n) is 14.5. The van der Waals surface area contributed by atoms with E-state index in [0.717, 1.165) is 12.0 Å². The van der Waals surface area contributed by atoms with E-state index in [2.05, 4.69) is 15.6 Å². The van der Waals surface area contributed by atoms with Gasteiger partial charge in [-0.3, -0.25) is 14.6 Å².